The Morgan fingerprint density at radius 1 is 0.514 bits per heavy atom. The van der Waals surface area contributed by atoms with Crippen LogP contribution in [0.4, 0.5) is 0 Å². The molecule has 3 rings (SSSR count). The number of phenols is 1. The Morgan fingerprint density at radius 2 is 0.857 bits per heavy atom. The van der Waals surface area contributed by atoms with Crippen LogP contribution in [-0.4, -0.2) is 34.5 Å². The quantitative estimate of drug-likeness (QED) is 0.202. The molecule has 7 N–H and O–H groups in total. The summed E-state index contributed by atoms with van der Waals surface area (Å²) in [6.45, 7) is 12.9. The third-order valence-electron chi connectivity index (χ3n) is 4.55. The second-order valence-corrected chi connectivity index (χ2v) is 10.6. The highest BCUT2D eigenvalue weighted by Crippen LogP contribution is 2.34. The van der Waals surface area contributed by atoms with Gasteiger partial charge in [0.15, 0.2) is 0 Å². The molecule has 0 radical (unpaired) electrons. The molecule has 35 heavy (non-hydrogen) atoms. The van der Waals surface area contributed by atoms with Crippen LogP contribution >= 0.6 is 17.2 Å². The minimum atomic E-state index is -2.62. The van der Waals surface area contributed by atoms with Crippen molar-refractivity contribution in [2.75, 3.05) is 0 Å². The molecule has 3 aromatic rings. The van der Waals surface area contributed by atoms with Crippen molar-refractivity contribution in [1.82, 2.24) is 0 Å². The standard InChI is InChI=1S/C14H22O.C12H10.2H3O3P/c1-13(2,3)10-7-8-12(15)11(9-10)14(4,5)6;1-3-7-11(8-4-1)12-9-5-2-6-10-12;2*1-4(2)3/h7-9,15H,1-6H3;1-10H;2*1-3H. The molecule has 0 spiro atoms. The van der Waals surface area contributed by atoms with Crippen molar-refractivity contribution < 1.29 is 34.5 Å². The Hall–Kier alpha value is -1.92. The monoisotopic (exact) mass is 524 g/mol. The van der Waals surface area contributed by atoms with Gasteiger partial charge in [-0.1, -0.05) is 114 Å². The zero-order chi connectivity index (χ0) is 27.2. The Morgan fingerprint density at radius 3 is 1.14 bits per heavy atom. The maximum Gasteiger partial charge on any atom is 0.324 e. The van der Waals surface area contributed by atoms with Gasteiger partial charge in [0.05, 0.1) is 0 Å². The van der Waals surface area contributed by atoms with Gasteiger partial charge in [0, 0.05) is 0 Å². The van der Waals surface area contributed by atoms with Gasteiger partial charge in [-0.15, -0.1) is 0 Å². The average molecular weight is 525 g/mol. The molecule has 0 heterocycles. The molecule has 9 heteroatoms. The van der Waals surface area contributed by atoms with Crippen LogP contribution in [-0.2, 0) is 10.8 Å². The zero-order valence-corrected chi connectivity index (χ0v) is 22.8. The van der Waals surface area contributed by atoms with Gasteiger partial charge in [-0.05, 0) is 39.2 Å². The predicted octanol–water partition coefficient (Wildman–Crippen LogP) is 5.72. The third-order valence-corrected chi connectivity index (χ3v) is 4.55. The second kappa shape index (κ2) is 15.9. The van der Waals surface area contributed by atoms with E-state index in [-0.39, 0.29) is 10.8 Å². The van der Waals surface area contributed by atoms with Gasteiger partial charge in [0.1, 0.15) is 5.75 Å². The van der Waals surface area contributed by atoms with Crippen LogP contribution in [0.15, 0.2) is 78.9 Å². The first-order chi connectivity index (χ1) is 16.1. The predicted molar refractivity (Wildman–Crippen MR) is 145 cm³/mol. The van der Waals surface area contributed by atoms with Crippen molar-refractivity contribution in [3.05, 3.63) is 90.0 Å². The Labute approximate surface area is 211 Å². The highest BCUT2D eigenvalue weighted by Gasteiger charge is 2.21. The van der Waals surface area contributed by atoms with E-state index in [1.165, 1.54) is 16.7 Å². The molecule has 0 amide bonds. The summed E-state index contributed by atoms with van der Waals surface area (Å²) in [6, 6.07) is 26.7. The van der Waals surface area contributed by atoms with Crippen molar-refractivity contribution in [3.8, 4) is 16.9 Å². The van der Waals surface area contributed by atoms with E-state index in [0.29, 0.717) is 5.75 Å². The molecular weight excluding hydrogens is 486 g/mol. The van der Waals surface area contributed by atoms with E-state index in [4.69, 9.17) is 29.4 Å². The van der Waals surface area contributed by atoms with Gasteiger partial charge in [-0.2, -0.15) is 0 Å². The van der Waals surface area contributed by atoms with E-state index in [1.807, 2.05) is 18.2 Å². The van der Waals surface area contributed by atoms with Gasteiger partial charge < -0.3 is 34.5 Å². The van der Waals surface area contributed by atoms with Gasteiger partial charge in [0.2, 0.25) is 0 Å². The maximum absolute atomic E-state index is 9.84. The smallest absolute Gasteiger partial charge is 0.324 e. The number of rotatable bonds is 1. The summed E-state index contributed by atoms with van der Waals surface area (Å²) in [6.07, 6.45) is 0. The van der Waals surface area contributed by atoms with Gasteiger partial charge in [-0.25, -0.2) is 0 Å². The van der Waals surface area contributed by atoms with E-state index in [2.05, 4.69) is 96.1 Å². The lowest BCUT2D eigenvalue weighted by molar-refractivity contribution is 0.366. The molecule has 0 saturated carbocycles. The van der Waals surface area contributed by atoms with Gasteiger partial charge >= 0.3 is 17.2 Å². The molecule has 0 unspecified atom stereocenters. The zero-order valence-electron chi connectivity index (χ0n) is 21.0. The van der Waals surface area contributed by atoms with Crippen molar-refractivity contribution in [1.29, 1.82) is 0 Å². The van der Waals surface area contributed by atoms with Gasteiger partial charge in [0.25, 0.3) is 0 Å². The Kier molecular flexibility index (Phi) is 15.1. The van der Waals surface area contributed by atoms with Gasteiger partial charge in [-0.3, -0.25) is 0 Å². The summed E-state index contributed by atoms with van der Waals surface area (Å²) in [5.74, 6) is 0.399. The summed E-state index contributed by atoms with van der Waals surface area (Å²) >= 11 is 0. The first-order valence-corrected chi connectivity index (χ1v) is 13.1. The molecule has 0 aliphatic carbocycles. The summed E-state index contributed by atoms with van der Waals surface area (Å²) < 4.78 is 0. The number of hydrogen-bond acceptors (Lipinski definition) is 7. The van der Waals surface area contributed by atoms with Crippen molar-refractivity contribution in [2.24, 2.45) is 0 Å². The summed E-state index contributed by atoms with van der Waals surface area (Å²) in [4.78, 5) is 43.4. The third kappa shape index (κ3) is 15.6. The number of phenolic OH excluding ortho intramolecular Hbond substituents is 1. The lowest BCUT2D eigenvalue weighted by atomic mass is 9.80. The highest BCUT2D eigenvalue weighted by molar-refractivity contribution is 7.38. The molecule has 0 saturated heterocycles. The normalized spacial score (nSPS) is 10.9. The highest BCUT2D eigenvalue weighted by atomic mass is 31.2. The summed E-state index contributed by atoms with van der Waals surface area (Å²) in [7, 11) is -5.24. The van der Waals surface area contributed by atoms with Crippen molar-refractivity contribution >= 4 is 17.2 Å². The fraction of sp³-hybridized carbons (Fsp3) is 0.308. The maximum atomic E-state index is 9.84. The van der Waals surface area contributed by atoms with E-state index < -0.39 is 17.2 Å². The Balaban J connectivity index is 0.000000513. The largest absolute Gasteiger partial charge is 0.508 e. The van der Waals surface area contributed by atoms with Crippen LogP contribution in [0, 0.1) is 0 Å². The molecule has 0 aliphatic rings. The topological polar surface area (TPSA) is 142 Å². The van der Waals surface area contributed by atoms with Crippen molar-refractivity contribution in [3.63, 3.8) is 0 Å². The van der Waals surface area contributed by atoms with E-state index in [1.54, 1.807) is 6.07 Å². The number of aromatic hydroxyl groups is 1. The molecule has 0 fully saturated rings. The lowest BCUT2D eigenvalue weighted by Gasteiger charge is -2.25. The van der Waals surface area contributed by atoms with Crippen LogP contribution in [0.3, 0.4) is 0 Å². The number of benzene rings is 3. The second-order valence-electron chi connectivity index (χ2n) is 9.50. The molecule has 0 bridgehead atoms. The van der Waals surface area contributed by atoms with E-state index in [0.717, 1.165) is 5.56 Å². The van der Waals surface area contributed by atoms with Crippen LogP contribution in [0.1, 0.15) is 52.7 Å². The molecule has 7 nitrogen and oxygen atoms in total. The fourth-order valence-corrected chi connectivity index (χ4v) is 2.86. The SMILES string of the molecule is CC(C)(C)c1ccc(O)c(C(C)(C)C)c1.OP(O)O.OP(O)O.c1ccc(-c2ccccc2)cc1. The first-order valence-electron chi connectivity index (χ1n) is 10.7. The lowest BCUT2D eigenvalue weighted by Crippen LogP contribution is -2.16. The molecule has 0 atom stereocenters. The molecular formula is C26H38O7P2. The van der Waals surface area contributed by atoms with Crippen LogP contribution < -0.4 is 0 Å². The van der Waals surface area contributed by atoms with E-state index >= 15 is 0 Å². The molecule has 0 aliphatic heterocycles. The molecule has 194 valence electrons. The van der Waals surface area contributed by atoms with Crippen LogP contribution in [0.2, 0.25) is 0 Å². The average Bonchev–Trinajstić information content (AvgIpc) is 2.73. The Bertz CT molecular complexity index is 904. The summed E-state index contributed by atoms with van der Waals surface area (Å²) in [5, 5.41) is 9.84. The molecule has 3 aromatic carbocycles. The van der Waals surface area contributed by atoms with E-state index in [9.17, 15) is 5.11 Å². The van der Waals surface area contributed by atoms with Crippen LogP contribution in [0.25, 0.3) is 11.1 Å². The number of hydrogen-bond donors (Lipinski definition) is 7. The summed E-state index contributed by atoms with van der Waals surface area (Å²) in [5.41, 5.74) is 4.97. The molecule has 0 aromatic heterocycles. The fourth-order valence-electron chi connectivity index (χ4n) is 2.86. The van der Waals surface area contributed by atoms with Crippen LogP contribution in [0.5, 0.6) is 5.75 Å². The minimum absolute atomic E-state index is 0.00859. The first kappa shape index (κ1) is 33.1. The minimum Gasteiger partial charge on any atom is -0.508 e. The van der Waals surface area contributed by atoms with Crippen molar-refractivity contribution in [2.45, 2.75) is 52.4 Å².